The zero-order valence-electron chi connectivity index (χ0n) is 19.1. The number of amides is 2. The Morgan fingerprint density at radius 2 is 1.85 bits per heavy atom. The standard InChI is InChI=1S/C27H27ClN2O4/c1-19-3-5-20(6-4-19)7-14-26(31)29-22-10-13-25-24(17-22)30(27(32)18-34-25)15-2-16-33-23-11-8-21(28)9-12-23/h3-6,8-13,17H,2,7,14-16,18H2,1H3,(H,29,31). The number of hydrogen-bond donors (Lipinski definition) is 1. The second kappa shape index (κ2) is 11.1. The van der Waals surface area contributed by atoms with Gasteiger partial charge in [-0.3, -0.25) is 9.59 Å². The van der Waals surface area contributed by atoms with Crippen LogP contribution in [0.2, 0.25) is 5.02 Å². The van der Waals surface area contributed by atoms with E-state index in [0.29, 0.717) is 54.6 Å². The molecule has 0 unspecified atom stereocenters. The van der Waals surface area contributed by atoms with Gasteiger partial charge in [0.2, 0.25) is 5.91 Å². The molecule has 0 aliphatic carbocycles. The lowest BCUT2D eigenvalue weighted by Crippen LogP contribution is -2.39. The molecule has 176 valence electrons. The number of aryl methyl sites for hydroxylation is 2. The normalized spacial score (nSPS) is 12.6. The highest BCUT2D eigenvalue weighted by Crippen LogP contribution is 2.34. The average Bonchev–Trinajstić information content (AvgIpc) is 2.83. The lowest BCUT2D eigenvalue weighted by Gasteiger charge is -2.30. The van der Waals surface area contributed by atoms with Crippen molar-refractivity contribution in [1.29, 1.82) is 0 Å². The first-order valence-corrected chi connectivity index (χ1v) is 11.7. The molecule has 0 spiro atoms. The van der Waals surface area contributed by atoms with Crippen molar-refractivity contribution in [2.45, 2.75) is 26.2 Å². The van der Waals surface area contributed by atoms with Crippen LogP contribution in [-0.4, -0.2) is 31.6 Å². The lowest BCUT2D eigenvalue weighted by molar-refractivity contribution is -0.121. The zero-order chi connectivity index (χ0) is 23.9. The molecule has 1 aliphatic rings. The minimum Gasteiger partial charge on any atom is -0.494 e. The number of carbonyl (C=O) groups is 2. The summed E-state index contributed by atoms with van der Waals surface area (Å²) < 4.78 is 11.3. The van der Waals surface area contributed by atoms with Crippen molar-refractivity contribution in [3.8, 4) is 11.5 Å². The third kappa shape index (κ3) is 6.29. The molecule has 0 atom stereocenters. The summed E-state index contributed by atoms with van der Waals surface area (Å²) in [6, 6.07) is 20.7. The van der Waals surface area contributed by atoms with Gasteiger partial charge in [0.25, 0.3) is 5.91 Å². The Kier molecular flexibility index (Phi) is 7.70. The molecule has 7 heteroatoms. The van der Waals surface area contributed by atoms with Crippen molar-refractivity contribution >= 4 is 34.8 Å². The second-order valence-electron chi connectivity index (χ2n) is 8.21. The van der Waals surface area contributed by atoms with Crippen LogP contribution in [0, 0.1) is 6.92 Å². The molecule has 4 rings (SSSR count). The van der Waals surface area contributed by atoms with Crippen LogP contribution < -0.4 is 19.7 Å². The first-order chi connectivity index (χ1) is 16.5. The molecule has 34 heavy (non-hydrogen) atoms. The molecule has 3 aromatic rings. The van der Waals surface area contributed by atoms with Crippen molar-refractivity contribution < 1.29 is 19.1 Å². The van der Waals surface area contributed by atoms with Gasteiger partial charge in [0.15, 0.2) is 6.61 Å². The van der Waals surface area contributed by atoms with Crippen molar-refractivity contribution in [3.63, 3.8) is 0 Å². The maximum atomic E-state index is 12.5. The van der Waals surface area contributed by atoms with Gasteiger partial charge in [-0.1, -0.05) is 41.4 Å². The SMILES string of the molecule is Cc1ccc(CCC(=O)Nc2ccc3c(c2)N(CCCOc2ccc(Cl)cc2)C(=O)CO3)cc1. The van der Waals surface area contributed by atoms with Crippen molar-refractivity contribution in [1.82, 2.24) is 0 Å². The van der Waals surface area contributed by atoms with Gasteiger partial charge in [-0.05, 0) is 67.8 Å². The molecule has 2 amide bonds. The van der Waals surface area contributed by atoms with Gasteiger partial charge in [-0.2, -0.15) is 0 Å². The smallest absolute Gasteiger partial charge is 0.265 e. The fraction of sp³-hybridized carbons (Fsp3) is 0.259. The molecule has 0 fully saturated rings. The molecule has 0 aromatic heterocycles. The van der Waals surface area contributed by atoms with Gasteiger partial charge in [-0.25, -0.2) is 0 Å². The summed E-state index contributed by atoms with van der Waals surface area (Å²) in [5.74, 6) is 1.15. The Morgan fingerprint density at radius 1 is 1.09 bits per heavy atom. The molecule has 1 N–H and O–H groups in total. The van der Waals surface area contributed by atoms with Crippen LogP contribution in [0.1, 0.15) is 24.0 Å². The Hall–Kier alpha value is -3.51. The minimum absolute atomic E-state index is 0.00665. The number of nitrogens with one attached hydrogen (secondary N) is 1. The average molecular weight is 479 g/mol. The van der Waals surface area contributed by atoms with Crippen LogP contribution in [0.3, 0.4) is 0 Å². The number of benzene rings is 3. The zero-order valence-corrected chi connectivity index (χ0v) is 19.8. The quantitative estimate of drug-likeness (QED) is 0.417. The van der Waals surface area contributed by atoms with E-state index in [-0.39, 0.29) is 18.4 Å². The van der Waals surface area contributed by atoms with Gasteiger partial charge < -0.3 is 19.7 Å². The van der Waals surface area contributed by atoms with E-state index < -0.39 is 0 Å². The topological polar surface area (TPSA) is 67.9 Å². The Bertz CT molecular complexity index is 1150. The first kappa shape index (κ1) is 23.6. The first-order valence-electron chi connectivity index (χ1n) is 11.3. The Labute approximate surface area is 204 Å². The minimum atomic E-state index is -0.123. The molecular weight excluding hydrogens is 452 g/mol. The number of ether oxygens (including phenoxy) is 2. The van der Waals surface area contributed by atoms with Gasteiger partial charge in [0.1, 0.15) is 11.5 Å². The molecule has 0 bridgehead atoms. The summed E-state index contributed by atoms with van der Waals surface area (Å²) in [5, 5.41) is 3.59. The summed E-state index contributed by atoms with van der Waals surface area (Å²) in [4.78, 5) is 26.7. The van der Waals surface area contributed by atoms with E-state index in [1.165, 1.54) is 5.56 Å². The molecule has 0 saturated carbocycles. The van der Waals surface area contributed by atoms with E-state index in [2.05, 4.69) is 5.32 Å². The summed E-state index contributed by atoms with van der Waals surface area (Å²) in [6.07, 6.45) is 1.68. The number of halogens is 1. The fourth-order valence-corrected chi connectivity index (χ4v) is 3.83. The summed E-state index contributed by atoms with van der Waals surface area (Å²) in [6.45, 7) is 2.97. The second-order valence-corrected chi connectivity index (χ2v) is 8.64. The predicted octanol–water partition coefficient (Wildman–Crippen LogP) is 5.41. The van der Waals surface area contributed by atoms with E-state index >= 15 is 0 Å². The van der Waals surface area contributed by atoms with E-state index in [0.717, 1.165) is 11.3 Å². The molecule has 6 nitrogen and oxygen atoms in total. The predicted molar refractivity (Wildman–Crippen MR) is 134 cm³/mol. The van der Waals surface area contributed by atoms with Crippen LogP contribution in [0.25, 0.3) is 0 Å². The summed E-state index contributed by atoms with van der Waals surface area (Å²) in [5.41, 5.74) is 3.60. The third-order valence-electron chi connectivity index (χ3n) is 5.56. The largest absolute Gasteiger partial charge is 0.494 e. The number of anilines is 2. The van der Waals surface area contributed by atoms with Crippen LogP contribution in [0.15, 0.2) is 66.7 Å². The molecular formula is C27H27ClN2O4. The third-order valence-corrected chi connectivity index (χ3v) is 5.81. The molecule has 0 radical (unpaired) electrons. The highest BCUT2D eigenvalue weighted by atomic mass is 35.5. The van der Waals surface area contributed by atoms with Crippen LogP contribution in [-0.2, 0) is 16.0 Å². The highest BCUT2D eigenvalue weighted by molar-refractivity contribution is 6.30. The monoisotopic (exact) mass is 478 g/mol. The van der Waals surface area contributed by atoms with Gasteiger partial charge in [-0.15, -0.1) is 0 Å². The maximum Gasteiger partial charge on any atom is 0.265 e. The molecule has 1 heterocycles. The lowest BCUT2D eigenvalue weighted by atomic mass is 10.1. The number of fused-ring (bicyclic) bond motifs is 1. The van der Waals surface area contributed by atoms with Crippen molar-refractivity contribution in [3.05, 3.63) is 82.9 Å². The van der Waals surface area contributed by atoms with Gasteiger partial charge in [0, 0.05) is 23.7 Å². The highest BCUT2D eigenvalue weighted by Gasteiger charge is 2.25. The van der Waals surface area contributed by atoms with Gasteiger partial charge >= 0.3 is 0 Å². The van der Waals surface area contributed by atoms with Crippen molar-refractivity contribution in [2.24, 2.45) is 0 Å². The number of hydrogen-bond acceptors (Lipinski definition) is 4. The van der Waals surface area contributed by atoms with E-state index in [1.807, 2.05) is 43.3 Å². The molecule has 1 aliphatic heterocycles. The maximum absolute atomic E-state index is 12.5. The van der Waals surface area contributed by atoms with Crippen molar-refractivity contribution in [2.75, 3.05) is 30.0 Å². The summed E-state index contributed by atoms with van der Waals surface area (Å²) in [7, 11) is 0. The number of carbonyl (C=O) groups excluding carboxylic acids is 2. The van der Waals surface area contributed by atoms with E-state index in [4.69, 9.17) is 21.1 Å². The summed E-state index contributed by atoms with van der Waals surface area (Å²) >= 11 is 5.90. The molecule has 0 saturated heterocycles. The fourth-order valence-electron chi connectivity index (χ4n) is 3.70. The van der Waals surface area contributed by atoms with Gasteiger partial charge in [0.05, 0.1) is 12.3 Å². The van der Waals surface area contributed by atoms with E-state index in [9.17, 15) is 9.59 Å². The Balaban J connectivity index is 1.33. The van der Waals surface area contributed by atoms with Crippen LogP contribution in [0.5, 0.6) is 11.5 Å². The van der Waals surface area contributed by atoms with Crippen LogP contribution >= 0.6 is 11.6 Å². The number of rotatable bonds is 9. The molecule has 3 aromatic carbocycles. The van der Waals surface area contributed by atoms with E-state index in [1.54, 1.807) is 35.2 Å². The number of nitrogens with zero attached hydrogens (tertiary/aromatic N) is 1. The Morgan fingerprint density at radius 3 is 2.62 bits per heavy atom. The van der Waals surface area contributed by atoms with Crippen LogP contribution in [0.4, 0.5) is 11.4 Å².